The third kappa shape index (κ3) is 6.53. The summed E-state index contributed by atoms with van der Waals surface area (Å²) < 4.78 is 0. The highest BCUT2D eigenvalue weighted by atomic mass is 32.2. The second-order valence-corrected chi connectivity index (χ2v) is 4.61. The first kappa shape index (κ1) is 12.4. The van der Waals surface area contributed by atoms with Crippen LogP contribution in [0.5, 0.6) is 0 Å². The molecule has 0 bridgehead atoms. The van der Waals surface area contributed by atoms with Gasteiger partial charge in [-0.25, -0.2) is 0 Å². The molecule has 0 aliphatic rings. The normalized spacial score (nSPS) is 12.2. The zero-order chi connectivity index (χ0) is 10.3. The van der Waals surface area contributed by atoms with Crippen molar-refractivity contribution in [2.45, 2.75) is 26.0 Å². The van der Waals surface area contributed by atoms with E-state index in [2.05, 4.69) is 32.0 Å². The molecule has 0 rings (SSSR count). The fraction of sp³-hybridized carbons (Fsp3) is 0.700. The van der Waals surface area contributed by atoms with E-state index in [0.29, 0.717) is 23.5 Å². The molecule has 0 aromatic heterocycles. The van der Waals surface area contributed by atoms with Crippen LogP contribution in [0.2, 0.25) is 0 Å². The average Bonchev–Trinajstić information content (AvgIpc) is 2.10. The first-order valence-corrected chi connectivity index (χ1v) is 5.44. The molecule has 0 aromatic carbocycles. The lowest BCUT2D eigenvalue weighted by Crippen LogP contribution is -2.26. The molecule has 2 nitrogen and oxygen atoms in total. The maximum atomic E-state index is 11.1. The molecule has 0 fully saturated rings. The summed E-state index contributed by atoms with van der Waals surface area (Å²) >= 11 is 1.66. The van der Waals surface area contributed by atoms with Crippen LogP contribution in [0, 0.1) is 18.3 Å². The van der Waals surface area contributed by atoms with E-state index in [1.807, 2.05) is 0 Å². The van der Waals surface area contributed by atoms with Crippen molar-refractivity contribution in [2.24, 2.45) is 5.92 Å². The maximum absolute atomic E-state index is 11.1. The molecule has 74 valence electrons. The molecule has 0 saturated carbocycles. The molecule has 1 N–H and O–H groups in total. The number of amides is 1. The number of carbonyl (C=O) groups is 1. The third-order valence-electron chi connectivity index (χ3n) is 1.80. The Morgan fingerprint density at radius 1 is 1.54 bits per heavy atom. The fourth-order valence-electron chi connectivity index (χ4n) is 0.600. The van der Waals surface area contributed by atoms with E-state index in [0.717, 1.165) is 0 Å². The van der Waals surface area contributed by atoms with Crippen LogP contribution in [-0.2, 0) is 4.79 Å². The minimum atomic E-state index is 0.0236. The fourth-order valence-corrected chi connectivity index (χ4v) is 1.50. The van der Waals surface area contributed by atoms with Crippen molar-refractivity contribution in [3.8, 4) is 12.3 Å². The highest BCUT2D eigenvalue weighted by molar-refractivity contribution is 8.00. The van der Waals surface area contributed by atoms with E-state index >= 15 is 0 Å². The summed E-state index contributed by atoms with van der Waals surface area (Å²) in [5, 5.41) is 3.14. The molecule has 13 heavy (non-hydrogen) atoms. The number of thioether (sulfide) groups is 1. The van der Waals surface area contributed by atoms with Crippen molar-refractivity contribution >= 4 is 17.7 Å². The smallest absolute Gasteiger partial charge is 0.230 e. The molecule has 0 radical (unpaired) electrons. The van der Waals surface area contributed by atoms with Gasteiger partial charge in [-0.2, -0.15) is 0 Å². The van der Waals surface area contributed by atoms with Gasteiger partial charge < -0.3 is 5.32 Å². The van der Waals surface area contributed by atoms with E-state index in [-0.39, 0.29) is 5.91 Å². The molecule has 1 unspecified atom stereocenters. The lowest BCUT2D eigenvalue weighted by atomic mass is 10.2. The predicted molar refractivity (Wildman–Crippen MR) is 58.6 cm³/mol. The lowest BCUT2D eigenvalue weighted by Gasteiger charge is -2.13. The van der Waals surface area contributed by atoms with Gasteiger partial charge >= 0.3 is 0 Å². The zero-order valence-electron chi connectivity index (χ0n) is 8.46. The topological polar surface area (TPSA) is 29.1 Å². The van der Waals surface area contributed by atoms with Gasteiger partial charge in [0.15, 0.2) is 0 Å². The molecule has 1 atom stereocenters. The first-order valence-electron chi connectivity index (χ1n) is 4.39. The van der Waals surface area contributed by atoms with Gasteiger partial charge in [-0.05, 0) is 5.92 Å². The Hall–Kier alpha value is -0.620. The Kier molecular flexibility index (Phi) is 6.52. The largest absolute Gasteiger partial charge is 0.344 e. The van der Waals surface area contributed by atoms with Gasteiger partial charge in [0.05, 0.1) is 12.3 Å². The van der Waals surface area contributed by atoms with Crippen molar-refractivity contribution in [2.75, 3.05) is 12.3 Å². The highest BCUT2D eigenvalue weighted by Crippen LogP contribution is 2.17. The van der Waals surface area contributed by atoms with Gasteiger partial charge in [0, 0.05) is 5.25 Å². The quantitative estimate of drug-likeness (QED) is 0.680. The van der Waals surface area contributed by atoms with Crippen LogP contribution >= 0.6 is 11.8 Å². The van der Waals surface area contributed by atoms with Crippen molar-refractivity contribution in [1.29, 1.82) is 0 Å². The summed E-state index contributed by atoms with van der Waals surface area (Å²) in [5.74, 6) is 3.49. The average molecular weight is 199 g/mol. The predicted octanol–water partition coefficient (Wildman–Crippen LogP) is 1.51. The molecule has 0 spiro atoms. The summed E-state index contributed by atoms with van der Waals surface area (Å²) in [4.78, 5) is 11.1. The monoisotopic (exact) mass is 199 g/mol. The van der Waals surface area contributed by atoms with E-state index in [1.165, 1.54) is 0 Å². The standard InChI is InChI=1S/C10H17NOS/c1-5-6-11-10(12)7-13-9(4)8(2)3/h1,8-9H,6-7H2,2-4H3,(H,11,12). The molecule has 0 aliphatic carbocycles. The summed E-state index contributed by atoms with van der Waals surface area (Å²) in [7, 11) is 0. The number of hydrogen-bond donors (Lipinski definition) is 1. The Morgan fingerprint density at radius 2 is 2.15 bits per heavy atom. The van der Waals surface area contributed by atoms with E-state index in [4.69, 9.17) is 6.42 Å². The minimum absolute atomic E-state index is 0.0236. The SMILES string of the molecule is C#CCNC(=O)CSC(C)C(C)C. The van der Waals surface area contributed by atoms with Crippen molar-refractivity contribution in [3.63, 3.8) is 0 Å². The van der Waals surface area contributed by atoms with Gasteiger partial charge in [-0.3, -0.25) is 4.79 Å². The Bertz CT molecular complexity index is 196. The molecule has 0 aliphatic heterocycles. The van der Waals surface area contributed by atoms with Gasteiger partial charge in [0.25, 0.3) is 0 Å². The van der Waals surface area contributed by atoms with E-state index in [1.54, 1.807) is 11.8 Å². The molecule has 0 aromatic rings. The van der Waals surface area contributed by atoms with Crippen LogP contribution in [0.25, 0.3) is 0 Å². The number of rotatable bonds is 5. The van der Waals surface area contributed by atoms with Gasteiger partial charge in [-0.15, -0.1) is 18.2 Å². The van der Waals surface area contributed by atoms with E-state index in [9.17, 15) is 4.79 Å². The summed E-state index contributed by atoms with van der Waals surface area (Å²) in [6.45, 7) is 6.76. The Morgan fingerprint density at radius 3 is 2.62 bits per heavy atom. The van der Waals surface area contributed by atoms with Gasteiger partial charge in [-0.1, -0.05) is 26.7 Å². The summed E-state index contributed by atoms with van der Waals surface area (Å²) in [6, 6.07) is 0. The number of hydrogen-bond acceptors (Lipinski definition) is 2. The van der Waals surface area contributed by atoms with Crippen LogP contribution in [0.15, 0.2) is 0 Å². The third-order valence-corrected chi connectivity index (χ3v) is 3.30. The number of nitrogens with one attached hydrogen (secondary N) is 1. The molecule has 3 heteroatoms. The first-order chi connectivity index (χ1) is 6.07. The van der Waals surface area contributed by atoms with E-state index < -0.39 is 0 Å². The summed E-state index contributed by atoms with van der Waals surface area (Å²) in [6.07, 6.45) is 5.01. The molecule has 0 heterocycles. The zero-order valence-corrected chi connectivity index (χ0v) is 9.28. The van der Waals surface area contributed by atoms with Crippen molar-refractivity contribution < 1.29 is 4.79 Å². The number of terminal acetylenes is 1. The molecule has 0 saturated heterocycles. The second kappa shape index (κ2) is 6.85. The van der Waals surface area contributed by atoms with Crippen LogP contribution < -0.4 is 5.32 Å². The molecular formula is C10H17NOS. The van der Waals surface area contributed by atoms with Crippen LogP contribution in [-0.4, -0.2) is 23.5 Å². The van der Waals surface area contributed by atoms with Crippen LogP contribution in [0.4, 0.5) is 0 Å². The molecule has 1 amide bonds. The van der Waals surface area contributed by atoms with Gasteiger partial charge in [0.2, 0.25) is 5.91 Å². The molecular weight excluding hydrogens is 182 g/mol. The maximum Gasteiger partial charge on any atom is 0.230 e. The van der Waals surface area contributed by atoms with Crippen LogP contribution in [0.1, 0.15) is 20.8 Å². The van der Waals surface area contributed by atoms with Crippen molar-refractivity contribution in [1.82, 2.24) is 5.32 Å². The van der Waals surface area contributed by atoms with Crippen molar-refractivity contribution in [3.05, 3.63) is 0 Å². The lowest BCUT2D eigenvalue weighted by molar-refractivity contribution is -0.118. The highest BCUT2D eigenvalue weighted by Gasteiger charge is 2.09. The van der Waals surface area contributed by atoms with Gasteiger partial charge in [0.1, 0.15) is 0 Å². The van der Waals surface area contributed by atoms with Crippen LogP contribution in [0.3, 0.4) is 0 Å². The number of carbonyl (C=O) groups excluding carboxylic acids is 1. The Balaban J connectivity index is 3.53. The summed E-state index contributed by atoms with van der Waals surface area (Å²) in [5.41, 5.74) is 0. The minimum Gasteiger partial charge on any atom is -0.344 e. The Labute approximate surface area is 84.9 Å². The second-order valence-electron chi connectivity index (χ2n) is 3.24.